The smallest absolute Gasteiger partial charge is 0.123 e. The van der Waals surface area contributed by atoms with Gasteiger partial charge < -0.3 is 10.2 Å². The van der Waals surface area contributed by atoms with Gasteiger partial charge in [-0.15, -0.1) is 0 Å². The first-order valence-electron chi connectivity index (χ1n) is 5.76. The lowest BCUT2D eigenvalue weighted by Crippen LogP contribution is -1.80. The van der Waals surface area contributed by atoms with Crippen molar-refractivity contribution in [1.29, 1.82) is 0 Å². The van der Waals surface area contributed by atoms with Gasteiger partial charge in [-0.1, -0.05) is 36.4 Å². The van der Waals surface area contributed by atoms with Crippen LogP contribution in [0.4, 0.5) is 0 Å². The molecule has 0 saturated heterocycles. The highest BCUT2D eigenvalue weighted by Gasteiger charge is 2.06. The van der Waals surface area contributed by atoms with E-state index in [1.165, 1.54) is 12.1 Å². The molecule has 2 heteroatoms. The summed E-state index contributed by atoms with van der Waals surface area (Å²) in [6.07, 6.45) is 0. The van der Waals surface area contributed by atoms with Crippen LogP contribution in [0.3, 0.4) is 0 Å². The van der Waals surface area contributed by atoms with Crippen molar-refractivity contribution in [3.8, 4) is 22.6 Å². The fraction of sp³-hybridized carbons (Fsp3) is 0. The van der Waals surface area contributed by atoms with Crippen LogP contribution >= 0.6 is 0 Å². The molecule has 0 aliphatic carbocycles. The Morgan fingerprint density at radius 2 is 1.22 bits per heavy atom. The van der Waals surface area contributed by atoms with Crippen LogP contribution in [0.2, 0.25) is 0 Å². The fourth-order valence-corrected chi connectivity index (χ4v) is 2.13. The maximum Gasteiger partial charge on any atom is 0.123 e. The summed E-state index contributed by atoms with van der Waals surface area (Å²) in [4.78, 5) is 0. The molecule has 3 aromatic carbocycles. The zero-order chi connectivity index (χ0) is 12.5. The van der Waals surface area contributed by atoms with Crippen LogP contribution in [-0.4, -0.2) is 10.2 Å². The maximum absolute atomic E-state index is 9.86. The second kappa shape index (κ2) is 4.08. The highest BCUT2D eigenvalue weighted by molar-refractivity contribution is 5.95. The van der Waals surface area contributed by atoms with Crippen molar-refractivity contribution in [1.82, 2.24) is 0 Å². The molecule has 3 aromatic rings. The van der Waals surface area contributed by atoms with Crippen molar-refractivity contribution in [3.63, 3.8) is 0 Å². The van der Waals surface area contributed by atoms with E-state index in [0.717, 1.165) is 11.1 Å². The highest BCUT2D eigenvalue weighted by Crippen LogP contribution is 2.34. The van der Waals surface area contributed by atoms with Crippen molar-refractivity contribution < 1.29 is 10.2 Å². The monoisotopic (exact) mass is 236 g/mol. The van der Waals surface area contributed by atoms with E-state index in [2.05, 4.69) is 0 Å². The summed E-state index contributed by atoms with van der Waals surface area (Å²) in [5.74, 6) is 0.364. The molecule has 0 aliphatic rings. The molecule has 0 atom stereocenters. The highest BCUT2D eigenvalue weighted by atomic mass is 16.3. The number of phenolic OH excluding ortho intramolecular Hbond substituents is 2. The Morgan fingerprint density at radius 3 is 1.94 bits per heavy atom. The number of benzene rings is 3. The maximum atomic E-state index is 9.86. The summed E-state index contributed by atoms with van der Waals surface area (Å²) >= 11 is 0. The Kier molecular flexibility index (Phi) is 2.41. The lowest BCUT2D eigenvalue weighted by molar-refractivity contribution is 0.469. The summed E-state index contributed by atoms with van der Waals surface area (Å²) in [7, 11) is 0. The van der Waals surface area contributed by atoms with Crippen LogP contribution < -0.4 is 0 Å². The molecule has 2 nitrogen and oxygen atoms in total. The number of phenols is 2. The van der Waals surface area contributed by atoms with Crippen molar-refractivity contribution in [2.24, 2.45) is 0 Å². The van der Waals surface area contributed by atoms with Crippen LogP contribution in [-0.2, 0) is 0 Å². The third-order valence-corrected chi connectivity index (χ3v) is 3.08. The first-order chi connectivity index (χ1) is 8.75. The quantitative estimate of drug-likeness (QED) is 0.629. The second-order valence-corrected chi connectivity index (χ2v) is 4.23. The van der Waals surface area contributed by atoms with Crippen molar-refractivity contribution in [3.05, 3.63) is 60.7 Å². The van der Waals surface area contributed by atoms with E-state index >= 15 is 0 Å². The Balaban J connectivity index is 2.26. The Labute approximate surface area is 105 Å². The van der Waals surface area contributed by atoms with Gasteiger partial charge in [0.15, 0.2) is 0 Å². The molecule has 0 amide bonds. The van der Waals surface area contributed by atoms with E-state index in [4.69, 9.17) is 0 Å². The molecular weight excluding hydrogens is 224 g/mol. The Morgan fingerprint density at radius 1 is 0.556 bits per heavy atom. The van der Waals surface area contributed by atoms with Gasteiger partial charge in [0, 0.05) is 10.8 Å². The van der Waals surface area contributed by atoms with Gasteiger partial charge in [-0.25, -0.2) is 0 Å². The largest absolute Gasteiger partial charge is 0.507 e. The topological polar surface area (TPSA) is 40.5 Å². The van der Waals surface area contributed by atoms with E-state index < -0.39 is 0 Å². The molecule has 0 bridgehead atoms. The average molecular weight is 236 g/mol. The predicted octanol–water partition coefficient (Wildman–Crippen LogP) is 3.92. The van der Waals surface area contributed by atoms with E-state index in [9.17, 15) is 10.2 Å². The fourth-order valence-electron chi connectivity index (χ4n) is 2.13. The van der Waals surface area contributed by atoms with Crippen LogP contribution in [0.15, 0.2) is 60.7 Å². The van der Waals surface area contributed by atoms with Crippen molar-refractivity contribution >= 4 is 10.8 Å². The molecule has 0 radical (unpaired) electrons. The molecule has 2 N–H and O–H groups in total. The molecule has 0 unspecified atom stereocenters. The first-order valence-corrected chi connectivity index (χ1v) is 5.76. The molecule has 88 valence electrons. The Hall–Kier alpha value is -2.48. The zero-order valence-corrected chi connectivity index (χ0v) is 9.67. The van der Waals surface area contributed by atoms with Crippen LogP contribution in [0.1, 0.15) is 0 Å². The summed E-state index contributed by atoms with van der Waals surface area (Å²) < 4.78 is 0. The van der Waals surface area contributed by atoms with E-state index in [-0.39, 0.29) is 11.5 Å². The summed E-state index contributed by atoms with van der Waals surface area (Å²) in [5.41, 5.74) is 2.10. The summed E-state index contributed by atoms with van der Waals surface area (Å²) in [5, 5.41) is 20.9. The zero-order valence-electron chi connectivity index (χ0n) is 9.67. The lowest BCUT2D eigenvalue weighted by Gasteiger charge is -2.07. The number of rotatable bonds is 1. The lowest BCUT2D eigenvalue weighted by atomic mass is 10.0. The molecule has 18 heavy (non-hydrogen) atoms. The number of hydrogen-bond donors (Lipinski definition) is 2. The van der Waals surface area contributed by atoms with Crippen molar-refractivity contribution in [2.75, 3.05) is 0 Å². The summed E-state index contributed by atoms with van der Waals surface area (Å²) in [6, 6.07) is 18.6. The molecule has 0 heterocycles. The standard InChI is InChI=1S/C16H12O2/c17-15-8-9-16(18)14-10-12(6-7-13(14)15)11-4-2-1-3-5-11/h1-10,17-18H. The average Bonchev–Trinajstić information content (AvgIpc) is 2.44. The third kappa shape index (κ3) is 1.68. The molecule has 0 saturated carbocycles. The van der Waals surface area contributed by atoms with Gasteiger partial charge >= 0.3 is 0 Å². The minimum atomic E-state index is 0.181. The molecular formula is C16H12O2. The Bertz CT molecular complexity index is 703. The normalized spacial score (nSPS) is 10.7. The SMILES string of the molecule is Oc1ccc(O)c2cc(-c3ccccc3)ccc12. The van der Waals surface area contributed by atoms with Gasteiger partial charge in [0.25, 0.3) is 0 Å². The van der Waals surface area contributed by atoms with Crippen LogP contribution in [0, 0.1) is 0 Å². The molecule has 0 spiro atoms. The van der Waals surface area contributed by atoms with Crippen LogP contribution in [0.25, 0.3) is 21.9 Å². The molecule has 0 aliphatic heterocycles. The number of hydrogen-bond acceptors (Lipinski definition) is 2. The molecule has 3 rings (SSSR count). The van der Waals surface area contributed by atoms with Crippen LogP contribution in [0.5, 0.6) is 11.5 Å². The summed E-state index contributed by atoms with van der Waals surface area (Å²) in [6.45, 7) is 0. The number of fused-ring (bicyclic) bond motifs is 1. The van der Waals surface area contributed by atoms with E-state index in [0.29, 0.717) is 10.8 Å². The first kappa shape index (κ1) is 10.7. The van der Waals surface area contributed by atoms with Gasteiger partial charge in [0.05, 0.1) is 0 Å². The van der Waals surface area contributed by atoms with Gasteiger partial charge in [-0.2, -0.15) is 0 Å². The van der Waals surface area contributed by atoms with Gasteiger partial charge in [-0.05, 0) is 35.4 Å². The van der Waals surface area contributed by atoms with E-state index in [1.54, 1.807) is 0 Å². The predicted molar refractivity (Wildman–Crippen MR) is 72.7 cm³/mol. The minimum Gasteiger partial charge on any atom is -0.507 e. The van der Waals surface area contributed by atoms with Gasteiger partial charge in [0.2, 0.25) is 0 Å². The van der Waals surface area contributed by atoms with Gasteiger partial charge in [-0.3, -0.25) is 0 Å². The molecule has 0 aromatic heterocycles. The third-order valence-electron chi connectivity index (χ3n) is 3.08. The van der Waals surface area contributed by atoms with E-state index in [1.807, 2.05) is 48.5 Å². The second-order valence-electron chi connectivity index (χ2n) is 4.23. The minimum absolute atomic E-state index is 0.181. The van der Waals surface area contributed by atoms with Crippen molar-refractivity contribution in [2.45, 2.75) is 0 Å². The van der Waals surface area contributed by atoms with Gasteiger partial charge in [0.1, 0.15) is 11.5 Å². The molecule has 0 fully saturated rings. The number of aromatic hydroxyl groups is 2.